The largest absolute Gasteiger partial charge is 0.453 e. The number of carbonyl (C=O) groups excluding carboxylic acids is 1. The Bertz CT molecular complexity index is 1360. The second kappa shape index (κ2) is 10.9. The third-order valence-corrected chi connectivity index (χ3v) is 6.20. The Balaban J connectivity index is 1.42. The van der Waals surface area contributed by atoms with Crippen molar-refractivity contribution in [2.45, 2.75) is 25.8 Å². The van der Waals surface area contributed by atoms with Gasteiger partial charge in [0.05, 0.1) is 12.7 Å². The van der Waals surface area contributed by atoms with E-state index < -0.39 is 0 Å². The van der Waals surface area contributed by atoms with Crippen LogP contribution in [0.2, 0.25) is 0 Å². The number of piperidine rings is 1. The predicted octanol–water partition coefficient (Wildman–Crippen LogP) is 5.45. The molecule has 0 spiro atoms. The molecule has 5 rings (SSSR count). The van der Waals surface area contributed by atoms with E-state index in [9.17, 15) is 9.59 Å². The summed E-state index contributed by atoms with van der Waals surface area (Å²) >= 11 is 0. The van der Waals surface area contributed by atoms with E-state index in [1.54, 1.807) is 18.3 Å². The molecular weight excluding hydrogens is 452 g/mol. The summed E-state index contributed by atoms with van der Waals surface area (Å²) in [5, 5.41) is 7.56. The molecule has 0 bridgehead atoms. The molecule has 1 saturated heterocycles. The van der Waals surface area contributed by atoms with Crippen LogP contribution in [0.4, 0.5) is 11.4 Å². The summed E-state index contributed by atoms with van der Waals surface area (Å²) in [5.74, 6) is 0.970. The second-order valence-electron chi connectivity index (χ2n) is 8.80. The van der Waals surface area contributed by atoms with Gasteiger partial charge in [-0.2, -0.15) is 5.10 Å². The fourth-order valence-corrected chi connectivity index (χ4v) is 4.27. The summed E-state index contributed by atoms with van der Waals surface area (Å²) in [6.07, 6.45) is 4.82. The average Bonchev–Trinajstić information content (AvgIpc) is 2.94. The van der Waals surface area contributed by atoms with Crippen LogP contribution in [-0.2, 0) is 6.54 Å². The molecule has 7 nitrogen and oxygen atoms in total. The zero-order chi connectivity index (χ0) is 24.7. The van der Waals surface area contributed by atoms with E-state index in [2.05, 4.69) is 10.4 Å². The van der Waals surface area contributed by atoms with Crippen molar-refractivity contribution in [3.8, 4) is 11.5 Å². The first-order valence-corrected chi connectivity index (χ1v) is 12.2. The van der Waals surface area contributed by atoms with Crippen molar-refractivity contribution in [2.75, 3.05) is 18.4 Å². The molecule has 1 N–H and O–H groups in total. The van der Waals surface area contributed by atoms with E-state index in [4.69, 9.17) is 4.74 Å². The predicted molar refractivity (Wildman–Crippen MR) is 140 cm³/mol. The van der Waals surface area contributed by atoms with Crippen LogP contribution >= 0.6 is 0 Å². The van der Waals surface area contributed by atoms with Gasteiger partial charge in [-0.05, 0) is 61.2 Å². The summed E-state index contributed by atoms with van der Waals surface area (Å²) in [7, 11) is 0. The molecule has 3 aromatic carbocycles. The Labute approximate surface area is 210 Å². The number of nitrogens with zero attached hydrogens (tertiary/aromatic N) is 3. The quantitative estimate of drug-likeness (QED) is 0.380. The summed E-state index contributed by atoms with van der Waals surface area (Å²) in [6, 6.07) is 26.2. The molecule has 36 heavy (non-hydrogen) atoms. The van der Waals surface area contributed by atoms with Crippen molar-refractivity contribution in [3.05, 3.63) is 113 Å². The summed E-state index contributed by atoms with van der Waals surface area (Å²) in [5.41, 5.74) is 2.26. The fourth-order valence-electron chi connectivity index (χ4n) is 4.27. The molecular formula is C29H28N4O3. The lowest BCUT2D eigenvalue weighted by molar-refractivity contribution is 0.0724. The van der Waals surface area contributed by atoms with Gasteiger partial charge in [0, 0.05) is 24.3 Å². The molecule has 1 aromatic heterocycles. The first-order valence-electron chi connectivity index (χ1n) is 12.2. The fraction of sp³-hybridized carbons (Fsp3) is 0.207. The summed E-state index contributed by atoms with van der Waals surface area (Å²) in [4.78, 5) is 28.2. The van der Waals surface area contributed by atoms with E-state index in [-0.39, 0.29) is 17.2 Å². The van der Waals surface area contributed by atoms with Gasteiger partial charge in [0.25, 0.3) is 11.5 Å². The number of anilines is 2. The zero-order valence-corrected chi connectivity index (χ0v) is 20.0. The van der Waals surface area contributed by atoms with Gasteiger partial charge in [0.1, 0.15) is 5.75 Å². The number of hydrogen-bond acceptors (Lipinski definition) is 5. The van der Waals surface area contributed by atoms with E-state index >= 15 is 0 Å². The maximum atomic E-state index is 13.5. The lowest BCUT2D eigenvalue weighted by atomic mass is 10.1. The molecule has 1 fully saturated rings. The molecule has 0 radical (unpaired) electrons. The maximum Gasteiger partial charge on any atom is 0.294 e. The smallest absolute Gasteiger partial charge is 0.294 e. The molecule has 0 saturated carbocycles. The van der Waals surface area contributed by atoms with Crippen LogP contribution in [-0.4, -0.2) is 33.7 Å². The van der Waals surface area contributed by atoms with E-state index in [0.29, 0.717) is 29.3 Å². The van der Waals surface area contributed by atoms with Crippen LogP contribution in [0.15, 0.2) is 95.9 Å². The van der Waals surface area contributed by atoms with Gasteiger partial charge in [0.2, 0.25) is 0 Å². The number of ether oxygens (including phenoxy) is 1. The van der Waals surface area contributed by atoms with Gasteiger partial charge in [-0.25, -0.2) is 4.68 Å². The number of amides is 1. The van der Waals surface area contributed by atoms with Crippen molar-refractivity contribution in [3.63, 3.8) is 0 Å². The topological polar surface area (TPSA) is 76.5 Å². The van der Waals surface area contributed by atoms with Gasteiger partial charge in [-0.1, -0.05) is 48.5 Å². The molecule has 0 atom stereocenters. The first kappa shape index (κ1) is 23.4. The average molecular weight is 481 g/mol. The molecule has 7 heteroatoms. The highest BCUT2D eigenvalue weighted by Crippen LogP contribution is 2.28. The zero-order valence-electron chi connectivity index (χ0n) is 20.0. The number of aromatic nitrogens is 2. The lowest BCUT2D eigenvalue weighted by Gasteiger charge is -2.26. The van der Waals surface area contributed by atoms with Crippen LogP contribution in [0.3, 0.4) is 0 Å². The monoisotopic (exact) mass is 480 g/mol. The first-order chi connectivity index (χ1) is 17.7. The van der Waals surface area contributed by atoms with Gasteiger partial charge >= 0.3 is 0 Å². The number of benzene rings is 3. The lowest BCUT2D eigenvalue weighted by Crippen LogP contribution is -2.35. The second-order valence-corrected chi connectivity index (χ2v) is 8.80. The third kappa shape index (κ3) is 5.46. The van der Waals surface area contributed by atoms with Gasteiger partial charge in [0.15, 0.2) is 11.4 Å². The van der Waals surface area contributed by atoms with Gasteiger partial charge in [-0.15, -0.1) is 0 Å². The molecule has 1 aliphatic heterocycles. The number of nitrogens with one attached hydrogen (secondary N) is 1. The minimum absolute atomic E-state index is 0.0449. The molecule has 0 aliphatic carbocycles. The highest BCUT2D eigenvalue weighted by Gasteiger charge is 2.19. The Morgan fingerprint density at radius 2 is 1.53 bits per heavy atom. The highest BCUT2D eigenvalue weighted by molar-refractivity contribution is 5.94. The maximum absolute atomic E-state index is 13.5. The molecule has 1 aliphatic rings. The van der Waals surface area contributed by atoms with E-state index in [1.807, 2.05) is 77.7 Å². The van der Waals surface area contributed by atoms with E-state index in [1.165, 1.54) is 11.1 Å². The number of likely N-dealkylation sites (tertiary alicyclic amines) is 1. The van der Waals surface area contributed by atoms with Gasteiger partial charge < -0.3 is 15.0 Å². The van der Waals surface area contributed by atoms with Crippen LogP contribution in [0.1, 0.15) is 35.2 Å². The summed E-state index contributed by atoms with van der Waals surface area (Å²) < 4.78 is 7.42. The number of para-hydroxylation sites is 1. The molecule has 1 amide bonds. The van der Waals surface area contributed by atoms with Crippen molar-refractivity contribution >= 4 is 17.3 Å². The van der Waals surface area contributed by atoms with Crippen molar-refractivity contribution in [1.29, 1.82) is 0 Å². The Morgan fingerprint density at radius 3 is 2.22 bits per heavy atom. The van der Waals surface area contributed by atoms with Crippen LogP contribution in [0.25, 0.3) is 0 Å². The van der Waals surface area contributed by atoms with Crippen LogP contribution in [0, 0.1) is 0 Å². The number of hydrogen-bond donors (Lipinski definition) is 1. The number of rotatable bonds is 7. The molecule has 182 valence electrons. The standard InChI is InChI=1S/C29H28N4O3/c34-28(32-18-8-3-9-19-32)23-14-16-24(17-15-23)31-27-26(36-25-12-6-2-7-13-25)20-30-33(29(27)35)21-22-10-4-1-5-11-22/h1-2,4-7,10-17,20,31H,3,8-9,18-19,21H2. The van der Waals surface area contributed by atoms with Crippen molar-refractivity contribution in [1.82, 2.24) is 14.7 Å². The Hall–Kier alpha value is -4.39. The molecule has 2 heterocycles. The minimum atomic E-state index is -0.305. The molecule has 4 aromatic rings. The third-order valence-electron chi connectivity index (χ3n) is 6.20. The Kier molecular flexibility index (Phi) is 7.07. The normalized spacial score (nSPS) is 13.3. The number of carbonyl (C=O) groups is 1. The van der Waals surface area contributed by atoms with Gasteiger partial charge in [-0.3, -0.25) is 9.59 Å². The van der Waals surface area contributed by atoms with Crippen LogP contribution in [0.5, 0.6) is 11.5 Å². The molecule has 0 unspecified atom stereocenters. The minimum Gasteiger partial charge on any atom is -0.453 e. The Morgan fingerprint density at radius 1 is 0.861 bits per heavy atom. The van der Waals surface area contributed by atoms with E-state index in [0.717, 1.165) is 31.5 Å². The van der Waals surface area contributed by atoms with Crippen molar-refractivity contribution in [2.24, 2.45) is 0 Å². The van der Waals surface area contributed by atoms with Crippen LogP contribution < -0.4 is 15.6 Å². The van der Waals surface area contributed by atoms with Crippen molar-refractivity contribution < 1.29 is 9.53 Å². The highest BCUT2D eigenvalue weighted by atomic mass is 16.5. The SMILES string of the molecule is O=C(c1ccc(Nc2c(Oc3ccccc3)cnn(Cc3ccccc3)c2=O)cc1)N1CCCCC1. The summed E-state index contributed by atoms with van der Waals surface area (Å²) in [6.45, 7) is 1.94.